The summed E-state index contributed by atoms with van der Waals surface area (Å²) in [5.41, 5.74) is 7.31. The third kappa shape index (κ3) is 3.60. The van der Waals surface area contributed by atoms with Crippen molar-refractivity contribution in [2.75, 3.05) is 13.2 Å². The Kier molecular flexibility index (Phi) is 5.31. The van der Waals surface area contributed by atoms with Crippen LogP contribution in [0.2, 0.25) is 0 Å². The second-order valence-electron chi connectivity index (χ2n) is 4.81. The van der Waals surface area contributed by atoms with Gasteiger partial charge in [0.1, 0.15) is 11.6 Å². The average Bonchev–Trinajstić information content (AvgIpc) is 2.50. The minimum absolute atomic E-state index is 0.257. The van der Waals surface area contributed by atoms with E-state index in [1.54, 1.807) is 12.1 Å². The van der Waals surface area contributed by atoms with Gasteiger partial charge in [0.25, 0.3) is 0 Å². The van der Waals surface area contributed by atoms with Crippen LogP contribution >= 0.6 is 0 Å². The molecule has 0 aliphatic rings. The van der Waals surface area contributed by atoms with Crippen molar-refractivity contribution >= 4 is 0 Å². The zero-order valence-corrected chi connectivity index (χ0v) is 12.0. The first-order chi connectivity index (χ1) is 10.2. The van der Waals surface area contributed by atoms with Crippen LogP contribution in [-0.2, 0) is 0 Å². The summed E-state index contributed by atoms with van der Waals surface area (Å²) in [6.45, 7) is 2.67. The number of hydrogen-bond acceptors (Lipinski definition) is 3. The number of benzene rings is 2. The summed E-state index contributed by atoms with van der Waals surface area (Å²) < 4.78 is 18.6. The fourth-order valence-electron chi connectivity index (χ4n) is 2.39. The van der Waals surface area contributed by atoms with Crippen molar-refractivity contribution < 1.29 is 14.2 Å². The topological polar surface area (TPSA) is 55.5 Å². The van der Waals surface area contributed by atoms with E-state index >= 15 is 0 Å². The van der Waals surface area contributed by atoms with Gasteiger partial charge in [0, 0.05) is 18.0 Å². The summed E-state index contributed by atoms with van der Waals surface area (Å²) in [5, 5.41) is 10.7. The Morgan fingerprint density at radius 3 is 2.43 bits per heavy atom. The summed E-state index contributed by atoms with van der Waals surface area (Å²) in [4.78, 5) is 0. The van der Waals surface area contributed by atoms with E-state index in [1.165, 1.54) is 12.1 Å². The molecule has 2 aromatic carbocycles. The van der Waals surface area contributed by atoms with E-state index in [1.807, 2.05) is 31.2 Å². The number of hydrogen-bond donors (Lipinski definition) is 2. The number of ether oxygens (including phenoxy) is 1. The molecule has 0 amide bonds. The molecule has 2 rings (SSSR count). The van der Waals surface area contributed by atoms with Crippen LogP contribution in [0.15, 0.2) is 48.5 Å². The molecule has 0 aliphatic heterocycles. The largest absolute Gasteiger partial charge is 0.493 e. The predicted octanol–water partition coefficient (Wildman–Crippen LogP) is 3.00. The van der Waals surface area contributed by atoms with E-state index < -0.39 is 6.10 Å². The van der Waals surface area contributed by atoms with E-state index in [2.05, 4.69) is 0 Å². The Labute approximate surface area is 124 Å². The van der Waals surface area contributed by atoms with Gasteiger partial charge in [-0.25, -0.2) is 4.39 Å². The van der Waals surface area contributed by atoms with Gasteiger partial charge in [0.05, 0.1) is 12.7 Å². The second-order valence-corrected chi connectivity index (χ2v) is 4.81. The van der Waals surface area contributed by atoms with Gasteiger partial charge in [-0.05, 0) is 30.7 Å². The molecule has 0 fully saturated rings. The number of rotatable bonds is 6. The van der Waals surface area contributed by atoms with E-state index in [4.69, 9.17) is 10.5 Å². The molecule has 3 nitrogen and oxygen atoms in total. The standard InChI is InChI=1S/C17H20FNO2/c1-2-21-16-6-4-3-5-14(16)17(20)15(11-19)12-7-9-13(18)10-8-12/h3-10,15,17,20H,2,11,19H2,1H3. The first-order valence-corrected chi connectivity index (χ1v) is 7.02. The molecule has 0 aliphatic carbocycles. The van der Waals surface area contributed by atoms with Gasteiger partial charge >= 0.3 is 0 Å². The molecular weight excluding hydrogens is 269 g/mol. The smallest absolute Gasteiger partial charge is 0.125 e. The minimum atomic E-state index is -0.803. The van der Waals surface area contributed by atoms with Crippen molar-refractivity contribution in [2.45, 2.75) is 18.9 Å². The second kappa shape index (κ2) is 7.20. The molecule has 2 unspecified atom stereocenters. The van der Waals surface area contributed by atoms with Crippen molar-refractivity contribution in [3.05, 3.63) is 65.5 Å². The molecule has 0 saturated carbocycles. The first kappa shape index (κ1) is 15.5. The summed E-state index contributed by atoms with van der Waals surface area (Å²) in [5.74, 6) is 0.0268. The van der Waals surface area contributed by atoms with Gasteiger partial charge in [0.15, 0.2) is 0 Å². The SMILES string of the molecule is CCOc1ccccc1C(O)C(CN)c1ccc(F)cc1. The van der Waals surface area contributed by atoms with E-state index in [0.29, 0.717) is 17.9 Å². The quantitative estimate of drug-likeness (QED) is 0.859. The predicted molar refractivity (Wildman–Crippen MR) is 80.8 cm³/mol. The van der Waals surface area contributed by atoms with Crippen LogP contribution in [-0.4, -0.2) is 18.3 Å². The van der Waals surface area contributed by atoms with Crippen LogP contribution in [0, 0.1) is 5.82 Å². The van der Waals surface area contributed by atoms with E-state index in [9.17, 15) is 9.50 Å². The summed E-state index contributed by atoms with van der Waals surface area (Å²) in [6.07, 6.45) is -0.803. The molecule has 0 saturated heterocycles. The third-order valence-corrected chi connectivity index (χ3v) is 3.47. The molecule has 2 aromatic rings. The monoisotopic (exact) mass is 289 g/mol. The Morgan fingerprint density at radius 1 is 1.14 bits per heavy atom. The van der Waals surface area contributed by atoms with Crippen molar-refractivity contribution in [3.8, 4) is 5.75 Å². The van der Waals surface area contributed by atoms with Crippen molar-refractivity contribution in [1.82, 2.24) is 0 Å². The molecule has 21 heavy (non-hydrogen) atoms. The normalized spacial score (nSPS) is 13.7. The molecule has 4 heteroatoms. The molecule has 112 valence electrons. The Balaban J connectivity index is 2.32. The maximum atomic E-state index is 13.0. The Hall–Kier alpha value is -1.91. The van der Waals surface area contributed by atoms with Crippen LogP contribution in [0.5, 0.6) is 5.75 Å². The van der Waals surface area contributed by atoms with Crippen LogP contribution in [0.25, 0.3) is 0 Å². The molecule has 2 atom stereocenters. The number of para-hydroxylation sites is 1. The lowest BCUT2D eigenvalue weighted by molar-refractivity contribution is 0.142. The van der Waals surface area contributed by atoms with Gasteiger partial charge in [-0.2, -0.15) is 0 Å². The van der Waals surface area contributed by atoms with Crippen LogP contribution < -0.4 is 10.5 Å². The minimum Gasteiger partial charge on any atom is -0.493 e. The summed E-state index contributed by atoms with van der Waals surface area (Å²) >= 11 is 0. The lowest BCUT2D eigenvalue weighted by Gasteiger charge is -2.24. The van der Waals surface area contributed by atoms with Crippen LogP contribution in [0.1, 0.15) is 30.1 Å². The van der Waals surface area contributed by atoms with Gasteiger partial charge < -0.3 is 15.6 Å². The zero-order chi connectivity index (χ0) is 15.2. The molecule has 3 N–H and O–H groups in total. The maximum absolute atomic E-state index is 13.0. The number of aliphatic hydroxyl groups is 1. The van der Waals surface area contributed by atoms with Crippen LogP contribution in [0.3, 0.4) is 0 Å². The number of nitrogens with two attached hydrogens (primary N) is 1. The van der Waals surface area contributed by atoms with Crippen LogP contribution in [0.4, 0.5) is 4.39 Å². The highest BCUT2D eigenvalue weighted by atomic mass is 19.1. The van der Waals surface area contributed by atoms with Crippen molar-refractivity contribution in [2.24, 2.45) is 5.73 Å². The molecule has 0 spiro atoms. The highest BCUT2D eigenvalue weighted by molar-refractivity contribution is 5.38. The molecule has 0 heterocycles. The van der Waals surface area contributed by atoms with Gasteiger partial charge in [-0.15, -0.1) is 0 Å². The third-order valence-electron chi connectivity index (χ3n) is 3.47. The average molecular weight is 289 g/mol. The van der Waals surface area contributed by atoms with Crippen molar-refractivity contribution in [3.63, 3.8) is 0 Å². The van der Waals surface area contributed by atoms with Gasteiger partial charge in [-0.1, -0.05) is 30.3 Å². The van der Waals surface area contributed by atoms with Crippen molar-refractivity contribution in [1.29, 1.82) is 0 Å². The maximum Gasteiger partial charge on any atom is 0.125 e. The lowest BCUT2D eigenvalue weighted by atomic mass is 9.89. The fourth-order valence-corrected chi connectivity index (χ4v) is 2.39. The first-order valence-electron chi connectivity index (χ1n) is 7.02. The highest BCUT2D eigenvalue weighted by Gasteiger charge is 2.24. The van der Waals surface area contributed by atoms with E-state index in [0.717, 1.165) is 5.56 Å². The number of halogens is 1. The van der Waals surface area contributed by atoms with Gasteiger partial charge in [0.2, 0.25) is 0 Å². The molecule has 0 aromatic heterocycles. The van der Waals surface area contributed by atoms with Gasteiger partial charge in [-0.3, -0.25) is 0 Å². The Bertz CT molecular complexity index is 571. The molecule has 0 bridgehead atoms. The molecular formula is C17H20FNO2. The molecule has 0 radical (unpaired) electrons. The summed E-state index contributed by atoms with van der Waals surface area (Å²) in [6, 6.07) is 13.4. The fraction of sp³-hybridized carbons (Fsp3) is 0.294. The Morgan fingerprint density at radius 2 is 1.81 bits per heavy atom. The summed E-state index contributed by atoms with van der Waals surface area (Å²) in [7, 11) is 0. The van der Waals surface area contributed by atoms with E-state index in [-0.39, 0.29) is 18.3 Å². The number of aliphatic hydroxyl groups excluding tert-OH is 1. The highest BCUT2D eigenvalue weighted by Crippen LogP contribution is 2.35. The zero-order valence-electron chi connectivity index (χ0n) is 12.0. The lowest BCUT2D eigenvalue weighted by Crippen LogP contribution is -2.20.